The number of piperazine rings is 1. The first-order chi connectivity index (χ1) is 33.5. The summed E-state index contributed by atoms with van der Waals surface area (Å²) in [4.78, 5) is 95.9. The number of ether oxygens (including phenoxy) is 2. The van der Waals surface area contributed by atoms with Gasteiger partial charge in [0.25, 0.3) is 11.8 Å². The van der Waals surface area contributed by atoms with E-state index in [0.29, 0.717) is 83.2 Å². The molecule has 0 radical (unpaired) electrons. The van der Waals surface area contributed by atoms with Crippen LogP contribution in [-0.4, -0.2) is 196 Å². The molecule has 0 unspecified atom stereocenters. The Morgan fingerprint density at radius 3 is 2.14 bits per heavy atom. The highest BCUT2D eigenvalue weighted by atomic mass is 16.5. The number of amides is 6. The second-order valence-electron chi connectivity index (χ2n) is 19.5. The second kappa shape index (κ2) is 26.4. The van der Waals surface area contributed by atoms with Crippen molar-refractivity contribution in [2.45, 2.75) is 129 Å². The first-order valence-electron chi connectivity index (χ1n) is 25.0. The predicted octanol–water partition coefficient (Wildman–Crippen LogP) is 3.09. The highest BCUT2D eigenvalue weighted by Gasteiger charge is 2.43. The molecule has 1 aromatic heterocycles. The third-order valence-electron chi connectivity index (χ3n) is 14.2. The molecule has 6 amide bonds. The molecule has 0 aliphatic carbocycles. The second-order valence-corrected chi connectivity index (χ2v) is 19.5. The van der Waals surface area contributed by atoms with Gasteiger partial charge in [0.1, 0.15) is 6.04 Å². The summed E-state index contributed by atoms with van der Waals surface area (Å²) in [7, 11) is 8.74. The van der Waals surface area contributed by atoms with E-state index in [0.717, 1.165) is 24.8 Å². The number of carbonyl (C=O) groups is 6. The highest BCUT2D eigenvalue weighted by Crippen LogP contribution is 2.30. The molecule has 0 saturated carbocycles. The number of hydrogen-bond acceptors (Lipinski definition) is 12. The van der Waals surface area contributed by atoms with E-state index in [-0.39, 0.29) is 59.7 Å². The average Bonchev–Trinajstić information content (AvgIpc) is 4.14. The third-order valence-corrected chi connectivity index (χ3v) is 14.2. The number of rotatable bonds is 24. The molecule has 0 spiro atoms. The molecule has 70 heavy (non-hydrogen) atoms. The van der Waals surface area contributed by atoms with Crippen LogP contribution in [0, 0.1) is 17.8 Å². The highest BCUT2D eigenvalue weighted by molar-refractivity contribution is 6.12. The summed E-state index contributed by atoms with van der Waals surface area (Å²) in [6.45, 7) is 12.9. The number of likely N-dealkylation sites (tertiary alicyclic amines) is 1. The molecule has 2 fully saturated rings. The van der Waals surface area contributed by atoms with Gasteiger partial charge in [0.15, 0.2) is 11.8 Å². The minimum Gasteiger partial charge on any atom is -0.379 e. The van der Waals surface area contributed by atoms with E-state index < -0.39 is 36.3 Å². The quantitative estimate of drug-likeness (QED) is 0.0670. The minimum atomic E-state index is -0.742. The van der Waals surface area contributed by atoms with Gasteiger partial charge in [-0.3, -0.25) is 33.7 Å². The number of carbonyl (C=O) groups excluding carboxylic acids is 6. The van der Waals surface area contributed by atoms with Crippen LogP contribution in [-0.2, 0) is 44.7 Å². The van der Waals surface area contributed by atoms with Crippen LogP contribution >= 0.6 is 0 Å². The minimum absolute atomic E-state index is 0.0213. The Morgan fingerprint density at radius 1 is 0.886 bits per heavy atom. The molecule has 386 valence electrons. The topological polar surface area (TPSA) is 219 Å². The Balaban J connectivity index is 1.22. The lowest BCUT2D eigenvalue weighted by Gasteiger charge is -2.41. The number of nitrogens with one attached hydrogen (secondary N) is 2. The van der Waals surface area contributed by atoms with Crippen LogP contribution in [0.1, 0.15) is 103 Å². The number of imide groups is 1. The molecule has 8 atom stereocenters. The zero-order chi connectivity index (χ0) is 51.1. The van der Waals surface area contributed by atoms with E-state index in [9.17, 15) is 28.8 Å². The molecule has 3 aliphatic rings. The lowest BCUT2D eigenvalue weighted by molar-refractivity contribution is -0.146. The Morgan fingerprint density at radius 2 is 1.56 bits per heavy atom. The summed E-state index contributed by atoms with van der Waals surface area (Å²) >= 11 is 0. The normalized spacial score (nSPS) is 19.5. The number of H-pyrrole nitrogens is 1. The molecule has 0 bridgehead atoms. The fraction of sp³-hybridized carbons (Fsp3) is 0.680. The van der Waals surface area contributed by atoms with Gasteiger partial charge < -0.3 is 39.3 Å². The molecule has 20 heteroatoms. The summed E-state index contributed by atoms with van der Waals surface area (Å²) in [5.74, 6) is -0.896. The number of nitrogens with zero attached hydrogens (tertiary/aromatic N) is 10. The maximum Gasteiger partial charge on any atom is 0.253 e. The number of guanidine groups is 1. The first-order valence-corrected chi connectivity index (χ1v) is 25.0. The summed E-state index contributed by atoms with van der Waals surface area (Å²) in [5.41, 5.74) is 0.997. The van der Waals surface area contributed by atoms with Gasteiger partial charge in [0.2, 0.25) is 23.6 Å². The van der Waals surface area contributed by atoms with Crippen molar-refractivity contribution in [2.24, 2.45) is 22.7 Å². The standard InChI is InChI=1S/C50H78N12O8/c1-11-34(4)45(39(69-9)32-43(66)61-26-18-21-38(61)46(70-10)35(5)48(67)51-37(47-53-55-56-54-47)31-36-19-14-12-15-20-36)58(8)49(68)44(33(2)3)52-50(57(6)7)60-29-27-59(28-30-60)40(63)22-16-13-17-25-62-41(64)23-24-42(62)65/h12,14-15,19-20,23-24,33-35,37-39,44-46H,11,13,16-18,21-22,25-32H2,1-10H3,(H,51,67)(H,53,54,55,56)/t34-,35+,37-,38-,39+,44-,45-,46+/m0/s1. The monoisotopic (exact) mass is 975 g/mol. The van der Waals surface area contributed by atoms with E-state index in [1.807, 2.05) is 79.9 Å². The third kappa shape index (κ3) is 14.2. The van der Waals surface area contributed by atoms with Crippen molar-refractivity contribution in [3.8, 4) is 0 Å². The maximum absolute atomic E-state index is 14.8. The Labute approximate surface area is 413 Å². The van der Waals surface area contributed by atoms with Crippen molar-refractivity contribution in [1.82, 2.24) is 55.3 Å². The van der Waals surface area contributed by atoms with Crippen molar-refractivity contribution < 1.29 is 38.2 Å². The number of tetrazole rings is 1. The fourth-order valence-corrected chi connectivity index (χ4v) is 9.97. The van der Waals surface area contributed by atoms with Crippen LogP contribution in [0.2, 0.25) is 0 Å². The van der Waals surface area contributed by atoms with Crippen LogP contribution in [0.25, 0.3) is 0 Å². The summed E-state index contributed by atoms with van der Waals surface area (Å²) in [5, 5.41) is 17.6. The SMILES string of the molecule is CC[C@H](C)[C@@H]([C@@H](CC(=O)N1CCC[C@H]1[C@H](OC)[C@@H](C)C(=O)N[C@@H](Cc1ccccc1)c1nn[nH]n1)OC)N(C)C(=O)[C@@H](N=C(N(C)C)N1CCN(C(=O)CCCCCN2C(=O)C=CC2=O)CC1)C(C)C. The summed E-state index contributed by atoms with van der Waals surface area (Å²) < 4.78 is 12.2. The van der Waals surface area contributed by atoms with E-state index in [4.69, 9.17) is 14.5 Å². The molecular weight excluding hydrogens is 897 g/mol. The number of likely N-dealkylation sites (N-methyl/N-ethyl adjacent to an activating group) is 1. The van der Waals surface area contributed by atoms with Crippen LogP contribution in [0.15, 0.2) is 47.5 Å². The van der Waals surface area contributed by atoms with Crippen LogP contribution in [0.5, 0.6) is 0 Å². The van der Waals surface area contributed by atoms with Crippen molar-refractivity contribution in [3.05, 3.63) is 53.9 Å². The van der Waals surface area contributed by atoms with Gasteiger partial charge >= 0.3 is 0 Å². The van der Waals surface area contributed by atoms with Crippen molar-refractivity contribution in [3.63, 3.8) is 0 Å². The smallest absolute Gasteiger partial charge is 0.253 e. The number of aromatic amines is 1. The zero-order valence-electron chi connectivity index (χ0n) is 43.1. The van der Waals surface area contributed by atoms with Gasteiger partial charge in [-0.2, -0.15) is 5.21 Å². The van der Waals surface area contributed by atoms with Gasteiger partial charge in [-0.05, 0) is 43.1 Å². The Bertz CT molecular complexity index is 2080. The number of benzene rings is 1. The Kier molecular flexibility index (Phi) is 20.8. The van der Waals surface area contributed by atoms with E-state index in [1.165, 1.54) is 17.1 Å². The average molecular weight is 975 g/mol. The van der Waals surface area contributed by atoms with Crippen molar-refractivity contribution in [2.75, 3.05) is 74.6 Å². The van der Waals surface area contributed by atoms with Gasteiger partial charge in [0, 0.05) is 99.6 Å². The van der Waals surface area contributed by atoms with Crippen LogP contribution < -0.4 is 5.32 Å². The van der Waals surface area contributed by atoms with E-state index in [1.54, 1.807) is 26.2 Å². The number of hydrogen-bond donors (Lipinski definition) is 2. The molecule has 4 heterocycles. The van der Waals surface area contributed by atoms with Gasteiger partial charge in [-0.15, -0.1) is 10.2 Å². The maximum atomic E-state index is 14.8. The molecular formula is C50H78N12O8. The van der Waals surface area contributed by atoms with E-state index in [2.05, 4.69) is 44.7 Å². The number of aromatic nitrogens is 4. The van der Waals surface area contributed by atoms with Crippen LogP contribution in [0.3, 0.4) is 0 Å². The number of unbranched alkanes of at least 4 members (excludes halogenated alkanes) is 2. The van der Waals surface area contributed by atoms with Crippen molar-refractivity contribution in [1.29, 1.82) is 0 Å². The zero-order valence-corrected chi connectivity index (χ0v) is 43.1. The number of aliphatic imine (C=N–C) groups is 1. The van der Waals surface area contributed by atoms with Gasteiger partial charge in [0.05, 0.1) is 42.7 Å². The first kappa shape index (κ1) is 55.2. The lowest BCUT2D eigenvalue weighted by atomic mass is 9.89. The largest absolute Gasteiger partial charge is 0.379 e. The van der Waals surface area contributed by atoms with E-state index >= 15 is 0 Å². The molecule has 1 aromatic carbocycles. The summed E-state index contributed by atoms with van der Waals surface area (Å²) in [6.07, 6.45) is 6.38. The molecule has 2 saturated heterocycles. The molecule has 3 aliphatic heterocycles. The number of methoxy groups -OCH3 is 2. The Hall–Kier alpha value is -5.76. The molecule has 2 N–H and O–H groups in total. The molecule has 5 rings (SSSR count). The predicted molar refractivity (Wildman–Crippen MR) is 264 cm³/mol. The van der Waals surface area contributed by atoms with Crippen molar-refractivity contribution >= 4 is 41.4 Å². The van der Waals surface area contributed by atoms with Crippen LogP contribution in [0.4, 0.5) is 0 Å². The van der Waals surface area contributed by atoms with Gasteiger partial charge in [-0.25, -0.2) is 4.99 Å². The summed E-state index contributed by atoms with van der Waals surface area (Å²) in [6, 6.07) is 7.64. The molecule has 20 nitrogen and oxygen atoms in total. The lowest BCUT2D eigenvalue weighted by Crippen LogP contribution is -2.56. The fourth-order valence-electron chi connectivity index (χ4n) is 9.97. The molecule has 2 aromatic rings. The van der Waals surface area contributed by atoms with Gasteiger partial charge in [-0.1, -0.05) is 83.0 Å².